The Labute approximate surface area is 126 Å². The van der Waals surface area contributed by atoms with Gasteiger partial charge in [-0.3, -0.25) is 4.79 Å². The monoisotopic (exact) mass is 290 g/mol. The lowest BCUT2D eigenvalue weighted by Gasteiger charge is -2.35. The molecule has 108 valence electrons. The first-order valence-electron chi connectivity index (χ1n) is 7.48. The highest BCUT2D eigenvalue weighted by Gasteiger charge is 2.32. The maximum absolute atomic E-state index is 12.4. The Morgan fingerprint density at radius 2 is 2.20 bits per heavy atom. The Morgan fingerprint density at radius 1 is 1.35 bits per heavy atom. The molecular weight excluding hydrogens is 268 g/mol. The van der Waals surface area contributed by atoms with E-state index in [9.17, 15) is 4.79 Å². The Hall–Kier alpha value is -1.00. The number of fused-ring (bicyclic) bond motifs is 1. The fourth-order valence-electron chi connectivity index (χ4n) is 3.47. The minimum absolute atomic E-state index is 0.0508. The van der Waals surface area contributed by atoms with Crippen LogP contribution in [0.2, 0.25) is 0 Å². The van der Waals surface area contributed by atoms with Crippen molar-refractivity contribution in [2.24, 2.45) is 0 Å². The van der Waals surface area contributed by atoms with Crippen molar-refractivity contribution in [1.29, 1.82) is 0 Å². The number of hydrogen-bond acceptors (Lipinski definition) is 3. The highest BCUT2D eigenvalue weighted by Crippen LogP contribution is 2.27. The zero-order valence-corrected chi connectivity index (χ0v) is 12.8. The van der Waals surface area contributed by atoms with E-state index in [1.165, 1.54) is 19.4 Å². The first kappa shape index (κ1) is 14.0. The lowest BCUT2D eigenvalue weighted by molar-refractivity contribution is 0.0895. The smallest absolute Gasteiger partial charge is 0.251 e. The average molecular weight is 290 g/mol. The van der Waals surface area contributed by atoms with Crippen LogP contribution in [0, 0.1) is 6.92 Å². The van der Waals surface area contributed by atoms with Gasteiger partial charge in [-0.1, -0.05) is 6.07 Å². The predicted octanol–water partition coefficient (Wildman–Crippen LogP) is 2.64. The summed E-state index contributed by atoms with van der Waals surface area (Å²) in [5, 5.41) is 3.22. The molecule has 0 bridgehead atoms. The van der Waals surface area contributed by atoms with Crippen LogP contribution in [0.3, 0.4) is 0 Å². The van der Waals surface area contributed by atoms with E-state index in [1.54, 1.807) is 0 Å². The van der Waals surface area contributed by atoms with Crippen LogP contribution in [0.25, 0.3) is 0 Å². The fraction of sp³-hybridized carbons (Fsp3) is 0.562. The van der Waals surface area contributed by atoms with E-state index in [2.05, 4.69) is 22.8 Å². The van der Waals surface area contributed by atoms with Crippen molar-refractivity contribution in [3.63, 3.8) is 0 Å². The molecule has 2 heterocycles. The lowest BCUT2D eigenvalue weighted by atomic mass is 9.97. The third kappa shape index (κ3) is 2.86. The Balaban J connectivity index is 1.65. The molecule has 1 aromatic rings. The van der Waals surface area contributed by atoms with Crippen molar-refractivity contribution in [2.75, 3.05) is 13.1 Å². The number of benzene rings is 1. The van der Waals surface area contributed by atoms with Gasteiger partial charge in [0.15, 0.2) is 0 Å². The SMILES string of the molecule is Cc1ccc(S)cc1C(=O)NC1CCN2CCCC2C1. The summed E-state index contributed by atoms with van der Waals surface area (Å²) in [5.41, 5.74) is 1.77. The molecule has 2 saturated heterocycles. The van der Waals surface area contributed by atoms with Crippen molar-refractivity contribution in [3.05, 3.63) is 29.3 Å². The number of carbonyl (C=O) groups is 1. The van der Waals surface area contributed by atoms with Gasteiger partial charge in [-0.05, 0) is 56.8 Å². The van der Waals surface area contributed by atoms with Crippen molar-refractivity contribution < 1.29 is 4.79 Å². The van der Waals surface area contributed by atoms with E-state index in [0.717, 1.165) is 35.4 Å². The molecule has 2 fully saturated rings. The van der Waals surface area contributed by atoms with Gasteiger partial charge in [-0.15, -0.1) is 12.6 Å². The van der Waals surface area contributed by atoms with Crippen LogP contribution < -0.4 is 5.32 Å². The summed E-state index contributed by atoms with van der Waals surface area (Å²) in [6, 6.07) is 6.75. The summed E-state index contributed by atoms with van der Waals surface area (Å²) in [4.78, 5) is 15.8. The van der Waals surface area contributed by atoms with Gasteiger partial charge < -0.3 is 10.2 Å². The van der Waals surface area contributed by atoms with Crippen molar-refractivity contribution in [3.8, 4) is 0 Å². The number of amides is 1. The van der Waals surface area contributed by atoms with Gasteiger partial charge in [0.2, 0.25) is 0 Å². The molecule has 20 heavy (non-hydrogen) atoms. The summed E-state index contributed by atoms with van der Waals surface area (Å²) in [6.45, 7) is 4.34. The van der Waals surface area contributed by atoms with Gasteiger partial charge in [-0.25, -0.2) is 0 Å². The van der Waals surface area contributed by atoms with Gasteiger partial charge in [0.1, 0.15) is 0 Å². The normalized spacial score (nSPS) is 26.3. The highest BCUT2D eigenvalue weighted by atomic mass is 32.1. The van der Waals surface area contributed by atoms with Crippen molar-refractivity contribution >= 4 is 18.5 Å². The van der Waals surface area contributed by atoms with Crippen LogP contribution in [0.15, 0.2) is 23.1 Å². The van der Waals surface area contributed by atoms with Crippen LogP contribution in [-0.4, -0.2) is 36.0 Å². The topological polar surface area (TPSA) is 32.3 Å². The highest BCUT2D eigenvalue weighted by molar-refractivity contribution is 7.80. The number of piperidine rings is 1. The number of hydrogen-bond donors (Lipinski definition) is 2. The summed E-state index contributed by atoms with van der Waals surface area (Å²) in [5.74, 6) is 0.0508. The van der Waals surface area contributed by atoms with Crippen LogP contribution in [-0.2, 0) is 0 Å². The third-order valence-electron chi connectivity index (χ3n) is 4.62. The first-order valence-corrected chi connectivity index (χ1v) is 7.93. The first-order chi connectivity index (χ1) is 9.63. The van der Waals surface area contributed by atoms with Gasteiger partial charge in [-0.2, -0.15) is 0 Å². The molecular formula is C16H22N2OS. The molecule has 0 saturated carbocycles. The summed E-state index contributed by atoms with van der Waals surface area (Å²) in [6.07, 6.45) is 4.77. The molecule has 2 aliphatic rings. The summed E-state index contributed by atoms with van der Waals surface area (Å²) in [7, 11) is 0. The van der Waals surface area contributed by atoms with E-state index >= 15 is 0 Å². The molecule has 3 nitrogen and oxygen atoms in total. The van der Waals surface area contributed by atoms with E-state index < -0.39 is 0 Å². The van der Waals surface area contributed by atoms with Crippen LogP contribution in [0.4, 0.5) is 0 Å². The molecule has 2 aliphatic heterocycles. The maximum Gasteiger partial charge on any atom is 0.251 e. The molecule has 1 aromatic carbocycles. The van der Waals surface area contributed by atoms with Crippen LogP contribution in [0.1, 0.15) is 41.6 Å². The van der Waals surface area contributed by atoms with Crippen LogP contribution in [0.5, 0.6) is 0 Å². The number of nitrogens with zero attached hydrogens (tertiary/aromatic N) is 1. The number of carbonyl (C=O) groups excluding carboxylic acids is 1. The molecule has 1 N–H and O–H groups in total. The summed E-state index contributed by atoms with van der Waals surface area (Å²) >= 11 is 4.32. The Kier molecular flexibility index (Phi) is 4.03. The minimum atomic E-state index is 0.0508. The molecule has 0 aliphatic carbocycles. The van der Waals surface area contributed by atoms with Gasteiger partial charge in [0.25, 0.3) is 5.91 Å². The van der Waals surface area contributed by atoms with E-state index in [0.29, 0.717) is 12.1 Å². The number of nitrogens with one attached hydrogen (secondary N) is 1. The maximum atomic E-state index is 12.4. The second kappa shape index (κ2) is 5.78. The van der Waals surface area contributed by atoms with Gasteiger partial charge in [0, 0.05) is 29.1 Å². The third-order valence-corrected chi connectivity index (χ3v) is 4.90. The molecule has 3 rings (SSSR count). The Morgan fingerprint density at radius 3 is 3.05 bits per heavy atom. The minimum Gasteiger partial charge on any atom is -0.349 e. The zero-order valence-electron chi connectivity index (χ0n) is 11.9. The largest absolute Gasteiger partial charge is 0.349 e. The standard InChI is InChI=1S/C16H22N2OS/c1-11-4-5-14(20)10-15(11)16(19)17-12-6-8-18-7-2-3-13(18)9-12/h4-5,10,12-13,20H,2-3,6-9H2,1H3,(H,17,19). The van der Waals surface area contributed by atoms with E-state index in [4.69, 9.17) is 0 Å². The van der Waals surface area contributed by atoms with Crippen molar-refractivity contribution in [2.45, 2.75) is 49.6 Å². The Bertz CT molecular complexity index is 517. The molecule has 0 spiro atoms. The second-order valence-electron chi connectivity index (χ2n) is 6.03. The van der Waals surface area contributed by atoms with E-state index in [-0.39, 0.29) is 5.91 Å². The molecule has 1 amide bonds. The van der Waals surface area contributed by atoms with Gasteiger partial charge in [0.05, 0.1) is 0 Å². The quantitative estimate of drug-likeness (QED) is 0.821. The molecule has 2 unspecified atom stereocenters. The van der Waals surface area contributed by atoms with Gasteiger partial charge >= 0.3 is 0 Å². The molecule has 0 radical (unpaired) electrons. The fourth-order valence-corrected chi connectivity index (χ4v) is 3.68. The number of rotatable bonds is 2. The van der Waals surface area contributed by atoms with Crippen LogP contribution >= 0.6 is 12.6 Å². The second-order valence-corrected chi connectivity index (χ2v) is 6.54. The molecule has 4 heteroatoms. The average Bonchev–Trinajstić information content (AvgIpc) is 2.89. The van der Waals surface area contributed by atoms with Crippen molar-refractivity contribution in [1.82, 2.24) is 10.2 Å². The molecule has 2 atom stereocenters. The summed E-state index contributed by atoms with van der Waals surface area (Å²) < 4.78 is 0. The lowest BCUT2D eigenvalue weighted by Crippen LogP contribution is -2.47. The molecule has 0 aromatic heterocycles. The zero-order chi connectivity index (χ0) is 14.1. The predicted molar refractivity (Wildman–Crippen MR) is 83.5 cm³/mol. The number of thiol groups is 1. The number of aryl methyl sites for hydroxylation is 1. The van der Waals surface area contributed by atoms with E-state index in [1.807, 2.05) is 25.1 Å².